The van der Waals surface area contributed by atoms with Gasteiger partial charge >= 0.3 is 0 Å². The van der Waals surface area contributed by atoms with Crippen LogP contribution in [0.4, 0.5) is 0 Å². The number of aliphatic hydroxyl groups is 1. The van der Waals surface area contributed by atoms with E-state index in [1.54, 1.807) is 0 Å². The Morgan fingerprint density at radius 1 is 1.25 bits per heavy atom. The minimum Gasteiger partial charge on any atom is -0.392 e. The molecule has 0 aromatic heterocycles. The zero-order valence-electron chi connectivity index (χ0n) is 8.75. The molecule has 3 nitrogen and oxygen atoms in total. The molecule has 74 valence electrons. The maximum absolute atomic E-state index is 9.53. The minimum atomic E-state index is -0.183. The minimum absolute atomic E-state index is 0.183. The van der Waals surface area contributed by atoms with Crippen molar-refractivity contribution in [1.82, 2.24) is 9.80 Å². The summed E-state index contributed by atoms with van der Waals surface area (Å²) in [6.07, 6.45) is 0.675. The number of hydrogen-bond donors (Lipinski definition) is 1. The molecule has 12 heavy (non-hydrogen) atoms. The Morgan fingerprint density at radius 2 is 1.83 bits per heavy atom. The van der Waals surface area contributed by atoms with E-state index in [9.17, 15) is 5.11 Å². The summed E-state index contributed by atoms with van der Waals surface area (Å²) in [6.45, 7) is 4.83. The Labute approximate surface area is 76.0 Å². The highest BCUT2D eigenvalue weighted by atomic mass is 16.3. The quantitative estimate of drug-likeness (QED) is 0.625. The Bertz CT molecular complexity index is 107. The fourth-order valence-electron chi connectivity index (χ4n) is 0.987. The summed E-state index contributed by atoms with van der Waals surface area (Å²) >= 11 is 0. The van der Waals surface area contributed by atoms with E-state index in [2.05, 4.69) is 16.7 Å². The molecular formula is C9H22N2O. The molecular weight excluding hydrogens is 152 g/mol. The standard InChI is InChI=1S/C9H22N2O/c1-5-11(4)8-9(12)6-7-10(2)3/h9,12H,5-8H2,1-4H3. The molecule has 0 heterocycles. The molecule has 0 spiro atoms. The fraction of sp³-hybridized carbons (Fsp3) is 1.00. The Hall–Kier alpha value is -0.120. The van der Waals surface area contributed by atoms with Crippen LogP contribution in [0.3, 0.4) is 0 Å². The third-order valence-corrected chi connectivity index (χ3v) is 1.97. The largest absolute Gasteiger partial charge is 0.392 e. The lowest BCUT2D eigenvalue weighted by Crippen LogP contribution is -2.31. The number of nitrogens with zero attached hydrogens (tertiary/aromatic N) is 2. The Balaban J connectivity index is 3.39. The molecule has 0 aliphatic rings. The van der Waals surface area contributed by atoms with Gasteiger partial charge in [0.2, 0.25) is 0 Å². The van der Waals surface area contributed by atoms with Gasteiger partial charge in [-0.05, 0) is 34.1 Å². The predicted octanol–water partition coefficient (Wildman–Crippen LogP) is 0.251. The second-order valence-corrected chi connectivity index (χ2v) is 3.60. The fourth-order valence-corrected chi connectivity index (χ4v) is 0.987. The predicted molar refractivity (Wildman–Crippen MR) is 52.3 cm³/mol. The van der Waals surface area contributed by atoms with Crippen LogP contribution in [0.2, 0.25) is 0 Å². The van der Waals surface area contributed by atoms with Crippen LogP contribution in [0.1, 0.15) is 13.3 Å². The van der Waals surface area contributed by atoms with E-state index in [1.807, 2.05) is 21.1 Å². The lowest BCUT2D eigenvalue weighted by atomic mass is 10.2. The summed E-state index contributed by atoms with van der Waals surface area (Å²) in [5, 5.41) is 9.53. The molecule has 1 N–H and O–H groups in total. The SMILES string of the molecule is CCN(C)CC(O)CCN(C)C. The topological polar surface area (TPSA) is 26.7 Å². The number of aliphatic hydroxyl groups excluding tert-OH is 1. The lowest BCUT2D eigenvalue weighted by molar-refractivity contribution is 0.112. The van der Waals surface area contributed by atoms with Crippen molar-refractivity contribution in [3.63, 3.8) is 0 Å². The molecule has 1 unspecified atom stereocenters. The van der Waals surface area contributed by atoms with Gasteiger partial charge in [0.15, 0.2) is 0 Å². The molecule has 0 aliphatic carbocycles. The van der Waals surface area contributed by atoms with Gasteiger partial charge in [-0.1, -0.05) is 6.92 Å². The summed E-state index contributed by atoms with van der Waals surface area (Å²) in [6, 6.07) is 0. The maximum atomic E-state index is 9.53. The lowest BCUT2D eigenvalue weighted by Gasteiger charge is -2.19. The average molecular weight is 174 g/mol. The molecule has 0 radical (unpaired) electrons. The van der Waals surface area contributed by atoms with Gasteiger partial charge in [-0.3, -0.25) is 0 Å². The highest BCUT2D eigenvalue weighted by Crippen LogP contribution is 1.95. The van der Waals surface area contributed by atoms with Gasteiger partial charge in [0, 0.05) is 13.1 Å². The molecule has 0 aliphatic heterocycles. The van der Waals surface area contributed by atoms with Crippen molar-refractivity contribution in [3.05, 3.63) is 0 Å². The molecule has 0 aromatic rings. The van der Waals surface area contributed by atoms with E-state index in [0.717, 1.165) is 26.1 Å². The monoisotopic (exact) mass is 174 g/mol. The Morgan fingerprint density at radius 3 is 2.25 bits per heavy atom. The van der Waals surface area contributed by atoms with Crippen molar-refractivity contribution in [2.45, 2.75) is 19.4 Å². The number of likely N-dealkylation sites (N-methyl/N-ethyl adjacent to an activating group) is 1. The maximum Gasteiger partial charge on any atom is 0.0679 e. The van der Waals surface area contributed by atoms with Crippen molar-refractivity contribution in [3.8, 4) is 0 Å². The second-order valence-electron chi connectivity index (χ2n) is 3.60. The first-order valence-corrected chi connectivity index (χ1v) is 4.57. The van der Waals surface area contributed by atoms with Gasteiger partial charge in [0.1, 0.15) is 0 Å². The molecule has 1 atom stereocenters. The summed E-state index contributed by atoms with van der Waals surface area (Å²) < 4.78 is 0. The first-order valence-electron chi connectivity index (χ1n) is 4.57. The third-order valence-electron chi connectivity index (χ3n) is 1.97. The van der Waals surface area contributed by atoms with Crippen molar-refractivity contribution in [2.24, 2.45) is 0 Å². The van der Waals surface area contributed by atoms with Crippen LogP contribution in [-0.4, -0.2) is 61.8 Å². The number of rotatable bonds is 6. The second kappa shape index (κ2) is 6.40. The van der Waals surface area contributed by atoms with E-state index in [4.69, 9.17) is 0 Å². The third kappa shape index (κ3) is 6.58. The zero-order chi connectivity index (χ0) is 9.56. The van der Waals surface area contributed by atoms with E-state index < -0.39 is 0 Å². The first kappa shape index (κ1) is 11.9. The summed E-state index contributed by atoms with van der Waals surface area (Å²) in [5.74, 6) is 0. The molecule has 0 rings (SSSR count). The molecule has 0 fully saturated rings. The molecule has 0 amide bonds. The van der Waals surface area contributed by atoms with Crippen LogP contribution in [0.15, 0.2) is 0 Å². The van der Waals surface area contributed by atoms with Crippen LogP contribution in [0.5, 0.6) is 0 Å². The van der Waals surface area contributed by atoms with Crippen molar-refractivity contribution < 1.29 is 5.11 Å². The summed E-state index contributed by atoms with van der Waals surface area (Å²) in [5.41, 5.74) is 0. The molecule has 0 saturated heterocycles. The van der Waals surface area contributed by atoms with Gasteiger partial charge < -0.3 is 14.9 Å². The van der Waals surface area contributed by atoms with Gasteiger partial charge in [-0.25, -0.2) is 0 Å². The van der Waals surface area contributed by atoms with Crippen molar-refractivity contribution in [2.75, 3.05) is 40.8 Å². The van der Waals surface area contributed by atoms with Crippen LogP contribution in [-0.2, 0) is 0 Å². The van der Waals surface area contributed by atoms with E-state index in [0.29, 0.717) is 0 Å². The number of hydrogen-bond acceptors (Lipinski definition) is 3. The molecule has 0 saturated carbocycles. The van der Waals surface area contributed by atoms with Crippen LogP contribution in [0.25, 0.3) is 0 Å². The van der Waals surface area contributed by atoms with Gasteiger partial charge in [-0.2, -0.15) is 0 Å². The van der Waals surface area contributed by atoms with Gasteiger partial charge in [0.25, 0.3) is 0 Å². The van der Waals surface area contributed by atoms with E-state index in [1.165, 1.54) is 0 Å². The van der Waals surface area contributed by atoms with Gasteiger partial charge in [-0.15, -0.1) is 0 Å². The van der Waals surface area contributed by atoms with E-state index in [-0.39, 0.29) is 6.10 Å². The van der Waals surface area contributed by atoms with Crippen molar-refractivity contribution in [1.29, 1.82) is 0 Å². The first-order chi connectivity index (χ1) is 5.56. The van der Waals surface area contributed by atoms with Crippen LogP contribution >= 0.6 is 0 Å². The molecule has 3 heteroatoms. The van der Waals surface area contributed by atoms with E-state index >= 15 is 0 Å². The molecule has 0 bridgehead atoms. The average Bonchev–Trinajstić information content (AvgIpc) is 2.00. The van der Waals surface area contributed by atoms with Crippen LogP contribution in [0, 0.1) is 0 Å². The smallest absolute Gasteiger partial charge is 0.0679 e. The highest BCUT2D eigenvalue weighted by Gasteiger charge is 2.06. The van der Waals surface area contributed by atoms with Gasteiger partial charge in [0.05, 0.1) is 6.10 Å². The molecule has 0 aromatic carbocycles. The normalized spacial score (nSPS) is 14.2. The zero-order valence-corrected chi connectivity index (χ0v) is 8.75. The van der Waals surface area contributed by atoms with Crippen molar-refractivity contribution >= 4 is 0 Å². The van der Waals surface area contributed by atoms with Crippen LogP contribution < -0.4 is 0 Å². The summed E-state index contributed by atoms with van der Waals surface area (Å²) in [4.78, 5) is 4.22. The Kier molecular flexibility index (Phi) is 6.34. The highest BCUT2D eigenvalue weighted by molar-refractivity contribution is 4.61. The summed E-state index contributed by atoms with van der Waals surface area (Å²) in [7, 11) is 6.07.